The van der Waals surface area contributed by atoms with Crippen LogP contribution >= 0.6 is 0 Å². The summed E-state index contributed by atoms with van der Waals surface area (Å²) in [5, 5.41) is 8.70. The Kier molecular flexibility index (Phi) is 9.98. The van der Waals surface area contributed by atoms with Gasteiger partial charge in [-0.15, -0.1) is 0 Å². The zero-order valence-electron chi connectivity index (χ0n) is 19.8. The number of nitriles is 1. The van der Waals surface area contributed by atoms with Crippen molar-refractivity contribution in [1.82, 2.24) is 0 Å². The van der Waals surface area contributed by atoms with Gasteiger partial charge in [0, 0.05) is 24.8 Å². The van der Waals surface area contributed by atoms with Crippen LogP contribution < -0.4 is 9.47 Å². The van der Waals surface area contributed by atoms with Crippen LogP contribution in [-0.4, -0.2) is 25.3 Å². The van der Waals surface area contributed by atoms with Crippen molar-refractivity contribution in [3.63, 3.8) is 0 Å². The molecule has 0 N–H and O–H groups in total. The van der Waals surface area contributed by atoms with E-state index >= 15 is 0 Å². The number of ether oxygens (including phenoxy) is 3. The Morgan fingerprint density at radius 1 is 0.971 bits per heavy atom. The third-order valence-corrected chi connectivity index (χ3v) is 6.13. The minimum absolute atomic E-state index is 0.281. The number of hydrogen-bond acceptors (Lipinski definition) is 5. The third kappa shape index (κ3) is 7.72. The number of halogens is 3. The minimum Gasteiger partial charge on any atom is -0.493 e. The fourth-order valence-corrected chi connectivity index (χ4v) is 4.09. The van der Waals surface area contributed by atoms with Gasteiger partial charge in [-0.2, -0.15) is 5.26 Å². The van der Waals surface area contributed by atoms with Crippen molar-refractivity contribution in [2.24, 2.45) is 5.92 Å². The molecule has 0 unspecified atom stereocenters. The van der Waals surface area contributed by atoms with Crippen LogP contribution in [0.3, 0.4) is 0 Å². The van der Waals surface area contributed by atoms with E-state index in [0.29, 0.717) is 30.8 Å². The average molecular weight is 490 g/mol. The lowest BCUT2D eigenvalue weighted by Gasteiger charge is -2.28. The van der Waals surface area contributed by atoms with E-state index in [-0.39, 0.29) is 5.75 Å². The number of unbranched alkanes of at least 4 members (excludes halogenated alkanes) is 3. The molecule has 0 atom stereocenters. The van der Waals surface area contributed by atoms with Gasteiger partial charge in [0.15, 0.2) is 0 Å². The normalized spacial score (nSPS) is 17.6. The Balaban J connectivity index is 1.46. The van der Waals surface area contributed by atoms with E-state index in [0.717, 1.165) is 44.8 Å². The lowest BCUT2D eigenvalue weighted by atomic mass is 9.88. The molecule has 5 nitrogen and oxygen atoms in total. The van der Waals surface area contributed by atoms with Crippen LogP contribution in [0.5, 0.6) is 11.5 Å². The van der Waals surface area contributed by atoms with Crippen molar-refractivity contribution in [3.8, 4) is 17.6 Å². The SMILES string of the molecule is CCCCCCO[C@H]1CC[C@H](COc2ccc(C(=O)Oc3cc(F)c(C#N)c(F)c3)c(F)c2)CC1. The lowest BCUT2D eigenvalue weighted by molar-refractivity contribution is 0.0111. The molecule has 2 aromatic carbocycles. The highest BCUT2D eigenvalue weighted by molar-refractivity contribution is 5.91. The smallest absolute Gasteiger partial charge is 0.346 e. The maximum Gasteiger partial charge on any atom is 0.346 e. The quantitative estimate of drug-likeness (QED) is 0.199. The van der Waals surface area contributed by atoms with Gasteiger partial charge in [-0.05, 0) is 50.2 Å². The van der Waals surface area contributed by atoms with Crippen molar-refractivity contribution >= 4 is 5.97 Å². The molecule has 2 aromatic rings. The van der Waals surface area contributed by atoms with Gasteiger partial charge in [0.25, 0.3) is 0 Å². The second-order valence-corrected chi connectivity index (χ2v) is 8.79. The lowest BCUT2D eigenvalue weighted by Crippen LogP contribution is -2.25. The molecule has 188 valence electrons. The fourth-order valence-electron chi connectivity index (χ4n) is 4.09. The van der Waals surface area contributed by atoms with Crippen molar-refractivity contribution in [2.75, 3.05) is 13.2 Å². The molecule has 0 aliphatic heterocycles. The molecule has 0 amide bonds. The van der Waals surface area contributed by atoms with E-state index in [1.807, 2.05) is 0 Å². The molecule has 3 rings (SSSR count). The maximum atomic E-state index is 14.5. The Bertz CT molecular complexity index is 1020. The molecule has 8 heteroatoms. The van der Waals surface area contributed by atoms with Gasteiger partial charge in [0.05, 0.1) is 18.3 Å². The summed E-state index contributed by atoms with van der Waals surface area (Å²) in [6, 6.07) is 6.50. The molecule has 1 aliphatic rings. The van der Waals surface area contributed by atoms with Crippen LogP contribution in [0.1, 0.15) is 74.2 Å². The average Bonchev–Trinajstić information content (AvgIpc) is 2.83. The summed E-state index contributed by atoms with van der Waals surface area (Å²) in [6.07, 6.45) is 8.99. The van der Waals surface area contributed by atoms with Crippen molar-refractivity contribution in [3.05, 3.63) is 58.9 Å². The number of rotatable bonds is 11. The van der Waals surface area contributed by atoms with Crippen LogP contribution in [0, 0.1) is 34.7 Å². The van der Waals surface area contributed by atoms with Gasteiger partial charge >= 0.3 is 5.97 Å². The minimum atomic E-state index is -1.17. The fraction of sp³-hybridized carbons (Fsp3) is 0.481. The van der Waals surface area contributed by atoms with E-state index in [1.54, 1.807) is 0 Å². The molecule has 0 bridgehead atoms. The second-order valence-electron chi connectivity index (χ2n) is 8.79. The Hall–Kier alpha value is -3.05. The number of carbonyl (C=O) groups is 1. The van der Waals surface area contributed by atoms with Crippen LogP contribution in [0.25, 0.3) is 0 Å². The van der Waals surface area contributed by atoms with E-state index in [1.165, 1.54) is 37.5 Å². The van der Waals surface area contributed by atoms with Gasteiger partial charge in [0.2, 0.25) is 0 Å². The highest BCUT2D eigenvalue weighted by Crippen LogP contribution is 2.28. The van der Waals surface area contributed by atoms with Crippen molar-refractivity contribution in [2.45, 2.75) is 64.4 Å². The summed E-state index contributed by atoms with van der Waals surface area (Å²) >= 11 is 0. The largest absolute Gasteiger partial charge is 0.493 e. The predicted octanol–water partition coefficient (Wildman–Crippen LogP) is 6.73. The summed E-state index contributed by atoms with van der Waals surface area (Å²) in [7, 11) is 0. The predicted molar refractivity (Wildman–Crippen MR) is 124 cm³/mol. The standard InChI is InChI=1S/C27H30F3NO4/c1-2-3-4-5-12-33-19-8-6-18(7-9-19)17-34-20-10-11-22(24(28)13-20)27(32)35-21-14-25(29)23(16-31)26(30)15-21/h10-11,13-15,18-19H,2-9,12,17H2,1H3/t18-,19-. The summed E-state index contributed by atoms with van der Waals surface area (Å²) in [5.41, 5.74) is -1.19. The molecule has 1 fully saturated rings. The first-order chi connectivity index (χ1) is 16.9. The highest BCUT2D eigenvalue weighted by Gasteiger charge is 2.23. The van der Waals surface area contributed by atoms with Gasteiger partial charge < -0.3 is 14.2 Å². The molecule has 1 saturated carbocycles. The summed E-state index contributed by atoms with van der Waals surface area (Å²) < 4.78 is 58.5. The molecule has 35 heavy (non-hydrogen) atoms. The molecular formula is C27H30F3NO4. The Morgan fingerprint density at radius 2 is 1.66 bits per heavy atom. The van der Waals surface area contributed by atoms with Crippen LogP contribution in [0.15, 0.2) is 30.3 Å². The molecular weight excluding hydrogens is 459 g/mol. The molecule has 1 aliphatic carbocycles. The first kappa shape index (κ1) is 26.6. The topological polar surface area (TPSA) is 68.6 Å². The highest BCUT2D eigenvalue weighted by atomic mass is 19.1. The molecule has 0 spiro atoms. The number of hydrogen-bond donors (Lipinski definition) is 0. The van der Waals surface area contributed by atoms with Gasteiger partial charge in [0.1, 0.15) is 40.6 Å². The van der Waals surface area contributed by atoms with Crippen LogP contribution in [0.2, 0.25) is 0 Å². The molecule has 0 aromatic heterocycles. The third-order valence-electron chi connectivity index (χ3n) is 6.13. The summed E-state index contributed by atoms with van der Waals surface area (Å²) in [5.74, 6) is -4.18. The van der Waals surface area contributed by atoms with E-state index in [9.17, 15) is 18.0 Å². The van der Waals surface area contributed by atoms with E-state index in [4.69, 9.17) is 19.5 Å². The van der Waals surface area contributed by atoms with Gasteiger partial charge in [-0.25, -0.2) is 18.0 Å². The zero-order valence-corrected chi connectivity index (χ0v) is 19.8. The number of nitrogens with zero attached hydrogens (tertiary/aromatic N) is 1. The zero-order chi connectivity index (χ0) is 25.2. The van der Waals surface area contributed by atoms with E-state index in [2.05, 4.69) is 6.92 Å². The summed E-state index contributed by atoms with van der Waals surface area (Å²) in [4.78, 5) is 12.3. The van der Waals surface area contributed by atoms with Gasteiger partial charge in [-0.3, -0.25) is 0 Å². The van der Waals surface area contributed by atoms with Crippen LogP contribution in [-0.2, 0) is 4.74 Å². The first-order valence-corrected chi connectivity index (χ1v) is 12.1. The van der Waals surface area contributed by atoms with Crippen molar-refractivity contribution < 1.29 is 32.2 Å². The Labute approximate surface area is 203 Å². The van der Waals surface area contributed by atoms with E-state index < -0.39 is 40.3 Å². The maximum absolute atomic E-state index is 14.5. The first-order valence-electron chi connectivity index (χ1n) is 12.1. The van der Waals surface area contributed by atoms with Crippen LogP contribution in [0.4, 0.5) is 13.2 Å². The molecule has 0 saturated heterocycles. The monoisotopic (exact) mass is 489 g/mol. The number of esters is 1. The summed E-state index contributed by atoms with van der Waals surface area (Å²) in [6.45, 7) is 3.44. The van der Waals surface area contributed by atoms with Gasteiger partial charge in [-0.1, -0.05) is 26.2 Å². The second kappa shape index (κ2) is 13.1. The molecule has 0 radical (unpaired) electrons. The van der Waals surface area contributed by atoms with Crippen molar-refractivity contribution in [1.29, 1.82) is 5.26 Å². The molecule has 0 heterocycles. The Morgan fingerprint density at radius 3 is 2.29 bits per heavy atom. The number of benzene rings is 2. The number of carbonyl (C=O) groups excluding carboxylic acids is 1.